The number of allylic oxidation sites excluding steroid dienone is 2. The molecular formula is C17H31NO4. The van der Waals surface area contributed by atoms with Gasteiger partial charge in [-0.3, -0.25) is 4.79 Å². The van der Waals surface area contributed by atoms with E-state index in [4.69, 9.17) is 5.11 Å². The fourth-order valence-corrected chi connectivity index (χ4v) is 2.01. The lowest BCUT2D eigenvalue weighted by molar-refractivity contribution is -0.121. The number of hydrogen-bond acceptors (Lipinski definition) is 4. The van der Waals surface area contributed by atoms with Gasteiger partial charge in [0.05, 0.1) is 18.8 Å². The number of aliphatic hydroxyl groups excluding tert-OH is 3. The maximum absolute atomic E-state index is 11.3. The van der Waals surface area contributed by atoms with E-state index in [2.05, 4.69) is 11.9 Å². The van der Waals surface area contributed by atoms with E-state index in [1.807, 2.05) is 12.2 Å². The maximum Gasteiger partial charge on any atom is 0.220 e. The minimum absolute atomic E-state index is 0.0526. The summed E-state index contributed by atoms with van der Waals surface area (Å²) in [5.41, 5.74) is 0. The third kappa shape index (κ3) is 13.8. The lowest BCUT2D eigenvalue weighted by atomic mass is 10.1. The van der Waals surface area contributed by atoms with Gasteiger partial charge in [-0.15, -0.1) is 6.58 Å². The summed E-state index contributed by atoms with van der Waals surface area (Å²) in [6.45, 7) is 3.85. The Balaban J connectivity index is 3.54. The molecule has 0 aromatic carbocycles. The summed E-state index contributed by atoms with van der Waals surface area (Å²) in [7, 11) is 0. The molecule has 1 amide bonds. The number of amides is 1. The SMILES string of the molecule is C=CCCC(O)CC=CCCC(O)CCCC(=O)NCCO. The smallest absolute Gasteiger partial charge is 0.220 e. The summed E-state index contributed by atoms with van der Waals surface area (Å²) in [5.74, 6) is -0.0883. The van der Waals surface area contributed by atoms with E-state index >= 15 is 0 Å². The Hall–Kier alpha value is -1.17. The van der Waals surface area contributed by atoms with E-state index in [9.17, 15) is 15.0 Å². The van der Waals surface area contributed by atoms with Crippen LogP contribution in [0.4, 0.5) is 0 Å². The minimum Gasteiger partial charge on any atom is -0.395 e. The van der Waals surface area contributed by atoms with Crippen molar-refractivity contribution in [1.82, 2.24) is 5.32 Å². The fourth-order valence-electron chi connectivity index (χ4n) is 2.01. The van der Waals surface area contributed by atoms with Gasteiger partial charge in [0.2, 0.25) is 5.91 Å². The van der Waals surface area contributed by atoms with Gasteiger partial charge in [-0.25, -0.2) is 0 Å². The molecule has 0 aliphatic carbocycles. The van der Waals surface area contributed by atoms with Crippen LogP contribution in [0.2, 0.25) is 0 Å². The molecule has 0 aliphatic rings. The highest BCUT2D eigenvalue weighted by Gasteiger charge is 2.05. The summed E-state index contributed by atoms with van der Waals surface area (Å²) in [5, 5.41) is 30.6. The third-order valence-corrected chi connectivity index (χ3v) is 3.32. The maximum atomic E-state index is 11.3. The summed E-state index contributed by atoms with van der Waals surface area (Å²) >= 11 is 0. The Morgan fingerprint density at radius 3 is 2.50 bits per heavy atom. The molecule has 128 valence electrons. The zero-order chi connectivity index (χ0) is 16.6. The molecule has 22 heavy (non-hydrogen) atoms. The second-order valence-electron chi connectivity index (χ2n) is 5.42. The number of hydrogen-bond donors (Lipinski definition) is 4. The van der Waals surface area contributed by atoms with Crippen LogP contribution >= 0.6 is 0 Å². The number of carbonyl (C=O) groups is 1. The first kappa shape index (κ1) is 20.8. The van der Waals surface area contributed by atoms with Gasteiger partial charge in [0.1, 0.15) is 0 Å². The van der Waals surface area contributed by atoms with Gasteiger partial charge < -0.3 is 20.6 Å². The molecule has 0 fully saturated rings. The Bertz CT molecular complexity index is 318. The van der Waals surface area contributed by atoms with E-state index in [1.165, 1.54) is 0 Å². The molecule has 0 saturated carbocycles. The first-order chi connectivity index (χ1) is 10.6. The molecule has 5 nitrogen and oxygen atoms in total. The van der Waals surface area contributed by atoms with Gasteiger partial charge in [-0.05, 0) is 44.9 Å². The molecule has 5 heteroatoms. The van der Waals surface area contributed by atoms with Crippen LogP contribution in [-0.2, 0) is 4.79 Å². The second kappa shape index (κ2) is 14.8. The number of rotatable bonds is 14. The van der Waals surface area contributed by atoms with Gasteiger partial charge in [0.25, 0.3) is 0 Å². The largest absolute Gasteiger partial charge is 0.395 e. The second-order valence-corrected chi connectivity index (χ2v) is 5.42. The third-order valence-electron chi connectivity index (χ3n) is 3.32. The summed E-state index contributed by atoms with van der Waals surface area (Å²) in [6, 6.07) is 0. The highest BCUT2D eigenvalue weighted by molar-refractivity contribution is 5.75. The van der Waals surface area contributed by atoms with Crippen LogP contribution in [-0.4, -0.2) is 46.6 Å². The molecule has 4 N–H and O–H groups in total. The molecule has 0 radical (unpaired) electrons. The van der Waals surface area contributed by atoms with Crippen molar-refractivity contribution in [2.75, 3.05) is 13.2 Å². The first-order valence-electron chi connectivity index (χ1n) is 8.09. The van der Waals surface area contributed by atoms with Crippen molar-refractivity contribution in [3.63, 3.8) is 0 Å². The topological polar surface area (TPSA) is 89.8 Å². The Morgan fingerprint density at radius 2 is 1.82 bits per heavy atom. The summed E-state index contributed by atoms with van der Waals surface area (Å²) in [6.07, 6.45) is 10.2. The number of nitrogens with one attached hydrogen (secondary N) is 1. The molecule has 2 atom stereocenters. The molecule has 0 heterocycles. The normalized spacial score (nSPS) is 14.0. The fraction of sp³-hybridized carbons (Fsp3) is 0.706. The van der Waals surface area contributed by atoms with E-state index in [-0.39, 0.29) is 25.2 Å². The van der Waals surface area contributed by atoms with Gasteiger partial charge >= 0.3 is 0 Å². The standard InChI is InChI=1S/C17H31NO4/c1-2-3-8-15(20)9-5-4-6-10-16(21)11-7-12-17(22)18-13-14-19/h2,4-5,15-16,19-21H,1,3,6-14H2,(H,18,22). The van der Waals surface area contributed by atoms with Crippen molar-refractivity contribution in [3.8, 4) is 0 Å². The Labute approximate surface area is 133 Å². The van der Waals surface area contributed by atoms with Crippen molar-refractivity contribution < 1.29 is 20.1 Å². The molecule has 0 rings (SSSR count). The Morgan fingerprint density at radius 1 is 1.09 bits per heavy atom. The number of aliphatic hydroxyl groups is 3. The van der Waals surface area contributed by atoms with Gasteiger partial charge in [0.15, 0.2) is 0 Å². The molecule has 0 saturated heterocycles. The summed E-state index contributed by atoms with van der Waals surface area (Å²) in [4.78, 5) is 11.3. The summed E-state index contributed by atoms with van der Waals surface area (Å²) < 4.78 is 0. The van der Waals surface area contributed by atoms with E-state index < -0.39 is 6.10 Å². The van der Waals surface area contributed by atoms with Crippen molar-refractivity contribution in [1.29, 1.82) is 0 Å². The average Bonchev–Trinajstić information content (AvgIpc) is 2.50. The van der Waals surface area contributed by atoms with Gasteiger partial charge in [0, 0.05) is 13.0 Å². The number of carbonyl (C=O) groups excluding carboxylic acids is 1. The van der Waals surface area contributed by atoms with Gasteiger partial charge in [-0.1, -0.05) is 18.2 Å². The lowest BCUT2D eigenvalue weighted by Gasteiger charge is -2.09. The van der Waals surface area contributed by atoms with E-state index in [1.54, 1.807) is 6.08 Å². The van der Waals surface area contributed by atoms with Crippen LogP contribution in [0.5, 0.6) is 0 Å². The molecule has 0 aromatic rings. The zero-order valence-corrected chi connectivity index (χ0v) is 13.4. The van der Waals surface area contributed by atoms with Crippen LogP contribution in [0.3, 0.4) is 0 Å². The molecule has 0 aromatic heterocycles. The van der Waals surface area contributed by atoms with Crippen LogP contribution in [0.15, 0.2) is 24.8 Å². The highest BCUT2D eigenvalue weighted by Crippen LogP contribution is 2.09. The van der Waals surface area contributed by atoms with Crippen molar-refractivity contribution in [3.05, 3.63) is 24.8 Å². The van der Waals surface area contributed by atoms with Crippen molar-refractivity contribution in [2.24, 2.45) is 0 Å². The predicted molar refractivity (Wildman–Crippen MR) is 88.4 cm³/mol. The predicted octanol–water partition coefficient (Wildman–Crippen LogP) is 1.68. The first-order valence-corrected chi connectivity index (χ1v) is 8.09. The average molecular weight is 313 g/mol. The molecule has 0 bridgehead atoms. The van der Waals surface area contributed by atoms with Crippen molar-refractivity contribution in [2.45, 2.75) is 63.6 Å². The van der Waals surface area contributed by atoms with Gasteiger partial charge in [-0.2, -0.15) is 0 Å². The molecule has 0 spiro atoms. The van der Waals surface area contributed by atoms with Crippen LogP contribution < -0.4 is 5.32 Å². The molecular weight excluding hydrogens is 282 g/mol. The van der Waals surface area contributed by atoms with Crippen LogP contribution in [0, 0.1) is 0 Å². The minimum atomic E-state index is -0.402. The monoisotopic (exact) mass is 313 g/mol. The lowest BCUT2D eigenvalue weighted by Crippen LogP contribution is -2.26. The molecule has 0 aliphatic heterocycles. The highest BCUT2D eigenvalue weighted by atomic mass is 16.3. The molecule has 2 unspecified atom stereocenters. The van der Waals surface area contributed by atoms with E-state index in [0.717, 1.165) is 19.3 Å². The quantitative estimate of drug-likeness (QED) is 0.367. The van der Waals surface area contributed by atoms with Crippen LogP contribution in [0.1, 0.15) is 51.4 Å². The Kier molecular flexibility index (Phi) is 14.0. The van der Waals surface area contributed by atoms with Crippen molar-refractivity contribution >= 4 is 5.91 Å². The van der Waals surface area contributed by atoms with Crippen LogP contribution in [0.25, 0.3) is 0 Å². The zero-order valence-electron chi connectivity index (χ0n) is 13.4. The van der Waals surface area contributed by atoms with E-state index in [0.29, 0.717) is 32.1 Å².